The molecule has 4 rings (SSSR count). The highest BCUT2D eigenvalue weighted by Crippen LogP contribution is 2.26. The average molecular weight is 338 g/mol. The molecule has 0 spiro atoms. The molecule has 2 heterocycles. The Labute approximate surface area is 143 Å². The van der Waals surface area contributed by atoms with Crippen molar-refractivity contribution in [1.82, 2.24) is 9.80 Å². The molecule has 3 amide bonds. The lowest BCUT2D eigenvalue weighted by Gasteiger charge is -2.30. The highest BCUT2D eigenvalue weighted by Gasteiger charge is 2.39. The summed E-state index contributed by atoms with van der Waals surface area (Å²) in [4.78, 5) is 39.7. The predicted molar refractivity (Wildman–Crippen MR) is 87.3 cm³/mol. The number of hydrogen-bond acceptors (Lipinski definition) is 3. The van der Waals surface area contributed by atoms with Crippen molar-refractivity contribution in [1.29, 1.82) is 0 Å². The van der Waals surface area contributed by atoms with Gasteiger partial charge in [0, 0.05) is 13.1 Å². The van der Waals surface area contributed by atoms with Crippen molar-refractivity contribution in [3.63, 3.8) is 0 Å². The van der Waals surface area contributed by atoms with Gasteiger partial charge in [0.2, 0.25) is 5.91 Å². The molecule has 0 aliphatic carbocycles. The van der Waals surface area contributed by atoms with Crippen LogP contribution in [0.25, 0.3) is 0 Å². The van der Waals surface area contributed by atoms with Crippen molar-refractivity contribution >= 4 is 17.7 Å². The van der Waals surface area contributed by atoms with Crippen LogP contribution in [-0.2, 0) is 17.8 Å². The fraction of sp³-hybridized carbons (Fsp3) is 0.211. The highest BCUT2D eigenvalue weighted by atomic mass is 19.1. The third kappa shape index (κ3) is 2.50. The monoisotopic (exact) mass is 338 g/mol. The lowest BCUT2D eigenvalue weighted by atomic mass is 10.00. The van der Waals surface area contributed by atoms with E-state index in [9.17, 15) is 18.8 Å². The Bertz CT molecular complexity index is 909. The second kappa shape index (κ2) is 5.81. The van der Waals surface area contributed by atoms with Crippen LogP contribution in [0.4, 0.5) is 4.39 Å². The molecule has 0 bridgehead atoms. The molecule has 5 nitrogen and oxygen atoms in total. The van der Waals surface area contributed by atoms with Gasteiger partial charge in [-0.2, -0.15) is 0 Å². The summed E-state index contributed by atoms with van der Waals surface area (Å²) in [6.07, 6.45) is 0.735. The first-order chi connectivity index (χ1) is 12.1. The second-order valence-electron chi connectivity index (χ2n) is 6.19. The van der Waals surface area contributed by atoms with Crippen LogP contribution in [0.15, 0.2) is 42.5 Å². The van der Waals surface area contributed by atoms with E-state index >= 15 is 0 Å². The van der Waals surface area contributed by atoms with Crippen LogP contribution in [0.5, 0.6) is 0 Å². The summed E-state index contributed by atoms with van der Waals surface area (Å²) < 4.78 is 13.9. The van der Waals surface area contributed by atoms with Gasteiger partial charge in [-0.25, -0.2) is 4.39 Å². The number of hydrogen-bond donors (Lipinski definition) is 0. The van der Waals surface area contributed by atoms with Gasteiger partial charge in [0.15, 0.2) is 0 Å². The van der Waals surface area contributed by atoms with Crippen molar-refractivity contribution in [2.45, 2.75) is 13.0 Å². The van der Waals surface area contributed by atoms with Crippen LogP contribution in [0.1, 0.15) is 31.8 Å². The lowest BCUT2D eigenvalue weighted by Crippen LogP contribution is -2.44. The quantitative estimate of drug-likeness (QED) is 0.787. The highest BCUT2D eigenvalue weighted by molar-refractivity contribution is 6.22. The Morgan fingerprint density at radius 3 is 2.52 bits per heavy atom. The van der Waals surface area contributed by atoms with Gasteiger partial charge in [-0.05, 0) is 29.7 Å². The molecule has 2 aromatic carbocycles. The van der Waals surface area contributed by atoms with E-state index in [1.807, 2.05) is 24.3 Å². The van der Waals surface area contributed by atoms with Gasteiger partial charge in [0.1, 0.15) is 12.4 Å². The Hall–Kier alpha value is -3.02. The third-order valence-corrected chi connectivity index (χ3v) is 4.72. The maximum absolute atomic E-state index is 13.9. The van der Waals surface area contributed by atoms with Crippen LogP contribution < -0.4 is 0 Å². The summed E-state index contributed by atoms with van der Waals surface area (Å²) >= 11 is 0. The van der Waals surface area contributed by atoms with E-state index in [4.69, 9.17) is 0 Å². The number of amides is 3. The third-order valence-electron chi connectivity index (χ3n) is 4.72. The smallest absolute Gasteiger partial charge is 0.265 e. The van der Waals surface area contributed by atoms with Gasteiger partial charge in [-0.15, -0.1) is 0 Å². The fourth-order valence-corrected chi connectivity index (χ4v) is 3.38. The van der Waals surface area contributed by atoms with Crippen LogP contribution in [0.2, 0.25) is 0 Å². The number of carbonyl (C=O) groups is 3. The number of imide groups is 1. The molecule has 25 heavy (non-hydrogen) atoms. The molecule has 0 N–H and O–H groups in total. The minimum atomic E-state index is -0.746. The molecular weight excluding hydrogens is 323 g/mol. The first-order valence-corrected chi connectivity index (χ1v) is 8.05. The van der Waals surface area contributed by atoms with Crippen LogP contribution >= 0.6 is 0 Å². The van der Waals surface area contributed by atoms with Crippen molar-refractivity contribution in [3.05, 3.63) is 70.5 Å². The molecule has 0 fully saturated rings. The zero-order chi connectivity index (χ0) is 17.6. The Balaban J connectivity index is 1.52. The Kier molecular flexibility index (Phi) is 3.60. The van der Waals surface area contributed by atoms with E-state index in [0.29, 0.717) is 13.1 Å². The van der Waals surface area contributed by atoms with Gasteiger partial charge < -0.3 is 4.90 Å². The second-order valence-corrected chi connectivity index (χ2v) is 6.19. The number of halogens is 1. The largest absolute Gasteiger partial charge is 0.336 e. The summed E-state index contributed by atoms with van der Waals surface area (Å²) in [5, 5.41) is 0. The van der Waals surface area contributed by atoms with Gasteiger partial charge in [-0.3, -0.25) is 19.3 Å². The number of benzene rings is 2. The normalized spacial score (nSPS) is 16.0. The van der Waals surface area contributed by atoms with E-state index in [-0.39, 0.29) is 23.6 Å². The van der Waals surface area contributed by atoms with E-state index in [2.05, 4.69) is 0 Å². The SMILES string of the molecule is O=C(CN1C(=O)c2cccc(F)c2C1=O)N1CCc2ccccc2C1. The molecule has 2 aliphatic rings. The van der Waals surface area contributed by atoms with E-state index in [0.717, 1.165) is 23.0 Å². The molecule has 0 aromatic heterocycles. The number of carbonyl (C=O) groups excluding carboxylic acids is 3. The zero-order valence-electron chi connectivity index (χ0n) is 13.4. The van der Waals surface area contributed by atoms with Crippen LogP contribution in [-0.4, -0.2) is 40.6 Å². The zero-order valence-corrected chi connectivity index (χ0v) is 13.4. The summed E-state index contributed by atoms with van der Waals surface area (Å²) in [5.41, 5.74) is 2.04. The molecule has 0 unspecified atom stereocenters. The topological polar surface area (TPSA) is 57.7 Å². The molecular formula is C19H15FN2O3. The van der Waals surface area contributed by atoms with Crippen molar-refractivity contribution in [2.75, 3.05) is 13.1 Å². The van der Waals surface area contributed by atoms with Gasteiger partial charge in [0.25, 0.3) is 11.8 Å². The lowest BCUT2D eigenvalue weighted by molar-refractivity contribution is -0.132. The summed E-state index contributed by atoms with van der Waals surface area (Å²) in [6, 6.07) is 11.8. The van der Waals surface area contributed by atoms with Gasteiger partial charge in [-0.1, -0.05) is 30.3 Å². The molecule has 2 aliphatic heterocycles. The maximum Gasteiger partial charge on any atom is 0.265 e. The molecule has 0 radical (unpaired) electrons. The molecule has 126 valence electrons. The maximum atomic E-state index is 13.9. The predicted octanol–water partition coefficient (Wildman–Crippen LogP) is 2.01. The van der Waals surface area contributed by atoms with Crippen LogP contribution in [0, 0.1) is 5.82 Å². The number of fused-ring (bicyclic) bond motifs is 2. The standard InChI is InChI=1S/C19H15FN2O3/c20-15-7-3-6-14-17(15)19(25)22(18(14)24)11-16(23)21-9-8-12-4-1-2-5-13(12)10-21/h1-7H,8-11H2. The number of nitrogens with zero attached hydrogens (tertiary/aromatic N) is 2. The first kappa shape index (κ1) is 15.5. The Morgan fingerprint density at radius 1 is 1.00 bits per heavy atom. The molecule has 2 aromatic rings. The van der Waals surface area contributed by atoms with Gasteiger partial charge in [0.05, 0.1) is 11.1 Å². The van der Waals surface area contributed by atoms with Crippen molar-refractivity contribution in [3.8, 4) is 0 Å². The number of rotatable bonds is 2. The Morgan fingerprint density at radius 2 is 1.76 bits per heavy atom. The van der Waals surface area contributed by atoms with E-state index < -0.39 is 17.6 Å². The minimum Gasteiger partial charge on any atom is -0.336 e. The van der Waals surface area contributed by atoms with E-state index in [1.54, 1.807) is 4.90 Å². The molecule has 0 saturated carbocycles. The van der Waals surface area contributed by atoms with E-state index in [1.165, 1.54) is 17.7 Å². The first-order valence-electron chi connectivity index (χ1n) is 8.05. The fourth-order valence-electron chi connectivity index (χ4n) is 3.38. The summed E-state index contributed by atoms with van der Waals surface area (Å²) in [5.74, 6) is -2.42. The minimum absolute atomic E-state index is 0.0155. The van der Waals surface area contributed by atoms with Crippen LogP contribution in [0.3, 0.4) is 0 Å². The molecule has 0 saturated heterocycles. The molecule has 0 atom stereocenters. The van der Waals surface area contributed by atoms with Gasteiger partial charge >= 0.3 is 0 Å². The van der Waals surface area contributed by atoms with Crippen molar-refractivity contribution < 1.29 is 18.8 Å². The summed E-state index contributed by atoms with van der Waals surface area (Å²) in [6.45, 7) is 0.619. The summed E-state index contributed by atoms with van der Waals surface area (Å²) in [7, 11) is 0. The van der Waals surface area contributed by atoms with Crippen molar-refractivity contribution in [2.24, 2.45) is 0 Å². The molecule has 6 heteroatoms. The average Bonchev–Trinajstić information content (AvgIpc) is 2.87.